The van der Waals surface area contributed by atoms with Crippen molar-refractivity contribution < 1.29 is 14.7 Å². The molecular formula is C17H26N4O3. The average molecular weight is 334 g/mol. The van der Waals surface area contributed by atoms with Crippen LogP contribution in [-0.2, 0) is 9.59 Å². The van der Waals surface area contributed by atoms with Gasteiger partial charge in [-0.25, -0.2) is 4.68 Å². The van der Waals surface area contributed by atoms with Crippen molar-refractivity contribution in [2.75, 3.05) is 6.54 Å². The smallest absolute Gasteiger partial charge is 0.248 e. The third-order valence-corrected chi connectivity index (χ3v) is 4.87. The van der Waals surface area contributed by atoms with Crippen LogP contribution in [0.2, 0.25) is 0 Å². The lowest BCUT2D eigenvalue weighted by Gasteiger charge is -2.34. The molecule has 1 N–H and O–H groups in total. The van der Waals surface area contributed by atoms with Gasteiger partial charge < -0.3 is 10.0 Å². The molecule has 132 valence electrons. The Morgan fingerprint density at radius 2 is 2.00 bits per heavy atom. The van der Waals surface area contributed by atoms with Crippen molar-refractivity contribution in [2.24, 2.45) is 5.41 Å². The van der Waals surface area contributed by atoms with E-state index in [1.54, 1.807) is 4.68 Å². The van der Waals surface area contributed by atoms with Gasteiger partial charge in [-0.3, -0.25) is 9.59 Å². The van der Waals surface area contributed by atoms with Gasteiger partial charge in [0.2, 0.25) is 5.91 Å². The molecule has 3 atom stereocenters. The van der Waals surface area contributed by atoms with E-state index < -0.39 is 18.2 Å². The fourth-order valence-corrected chi connectivity index (χ4v) is 3.46. The van der Waals surface area contributed by atoms with Crippen molar-refractivity contribution in [3.63, 3.8) is 0 Å². The number of β-amino-alcohol motifs (C(OH)–C–C–N with tert-alkyl or cyclic N) is 1. The number of carbonyl (C=O) groups excluding carboxylic acids is 2. The first-order valence-corrected chi connectivity index (χ1v) is 8.59. The molecule has 2 heterocycles. The van der Waals surface area contributed by atoms with Crippen molar-refractivity contribution in [3.8, 4) is 0 Å². The predicted octanol–water partition coefficient (Wildman–Crippen LogP) is 1.29. The van der Waals surface area contributed by atoms with Gasteiger partial charge in [0.15, 0.2) is 5.78 Å². The molecule has 1 saturated carbocycles. The van der Waals surface area contributed by atoms with Crippen molar-refractivity contribution in [2.45, 2.75) is 71.1 Å². The van der Waals surface area contributed by atoms with Gasteiger partial charge in [0.1, 0.15) is 6.04 Å². The zero-order valence-electron chi connectivity index (χ0n) is 14.8. The Morgan fingerprint density at radius 1 is 1.33 bits per heavy atom. The second-order valence-electron chi connectivity index (χ2n) is 8.17. The molecule has 0 aromatic carbocycles. The van der Waals surface area contributed by atoms with Gasteiger partial charge in [0.05, 0.1) is 17.8 Å². The molecule has 3 unspecified atom stereocenters. The molecule has 3 rings (SSSR count). The number of amides is 1. The van der Waals surface area contributed by atoms with Gasteiger partial charge in [-0.15, -0.1) is 5.10 Å². The number of Topliss-reactive ketones (excluding diaryl/α,β-unsaturated/α-hetero) is 1. The molecule has 7 heteroatoms. The number of aliphatic hydroxyl groups excluding tert-OH is 1. The predicted molar refractivity (Wildman–Crippen MR) is 87.3 cm³/mol. The maximum Gasteiger partial charge on any atom is 0.248 e. The lowest BCUT2D eigenvalue weighted by atomic mass is 9.85. The molecule has 1 saturated heterocycles. The molecule has 2 aliphatic rings. The van der Waals surface area contributed by atoms with Crippen LogP contribution in [0.15, 0.2) is 6.20 Å². The molecule has 7 nitrogen and oxygen atoms in total. The van der Waals surface area contributed by atoms with E-state index >= 15 is 0 Å². The van der Waals surface area contributed by atoms with Crippen LogP contribution < -0.4 is 0 Å². The van der Waals surface area contributed by atoms with Crippen LogP contribution in [-0.4, -0.2) is 55.4 Å². The number of likely N-dealkylation sites (tertiary alicyclic amines) is 1. The number of aliphatic hydroxyl groups is 1. The minimum atomic E-state index is -0.652. The first kappa shape index (κ1) is 17.1. The molecule has 0 spiro atoms. The number of ketones is 1. The Balaban J connectivity index is 1.90. The largest absolute Gasteiger partial charge is 0.391 e. The SMILES string of the molecule is CC(=O)C1CC(O)CN1C(=O)C(n1cc(C2CC2)nn1)C(C)(C)C. The summed E-state index contributed by atoms with van der Waals surface area (Å²) in [6.07, 6.45) is 3.76. The Hall–Kier alpha value is -1.76. The first-order valence-electron chi connectivity index (χ1n) is 8.59. The van der Waals surface area contributed by atoms with E-state index in [1.165, 1.54) is 11.8 Å². The number of hydrogen-bond donors (Lipinski definition) is 1. The highest BCUT2D eigenvalue weighted by atomic mass is 16.3. The zero-order chi connectivity index (χ0) is 17.6. The summed E-state index contributed by atoms with van der Waals surface area (Å²) in [5.41, 5.74) is 0.544. The molecule has 1 aliphatic heterocycles. The van der Waals surface area contributed by atoms with Gasteiger partial charge in [-0.05, 0) is 25.2 Å². The van der Waals surface area contributed by atoms with E-state index in [1.807, 2.05) is 27.0 Å². The summed E-state index contributed by atoms with van der Waals surface area (Å²) in [4.78, 5) is 26.6. The van der Waals surface area contributed by atoms with Crippen LogP contribution in [0.3, 0.4) is 0 Å². The number of carbonyl (C=O) groups is 2. The molecule has 1 aromatic rings. The van der Waals surface area contributed by atoms with Crippen molar-refractivity contribution in [1.29, 1.82) is 0 Å². The lowest BCUT2D eigenvalue weighted by molar-refractivity contribution is -0.143. The Labute approximate surface area is 142 Å². The topological polar surface area (TPSA) is 88.3 Å². The van der Waals surface area contributed by atoms with E-state index in [-0.39, 0.29) is 23.7 Å². The van der Waals surface area contributed by atoms with Gasteiger partial charge >= 0.3 is 0 Å². The van der Waals surface area contributed by atoms with E-state index in [0.717, 1.165) is 18.5 Å². The minimum Gasteiger partial charge on any atom is -0.391 e. The van der Waals surface area contributed by atoms with Crippen LogP contribution in [0.4, 0.5) is 0 Å². The van der Waals surface area contributed by atoms with Crippen LogP contribution in [0, 0.1) is 5.41 Å². The third kappa shape index (κ3) is 3.22. The summed E-state index contributed by atoms with van der Waals surface area (Å²) in [6, 6.07) is -1.10. The summed E-state index contributed by atoms with van der Waals surface area (Å²) in [5.74, 6) is 0.198. The highest BCUT2D eigenvalue weighted by Gasteiger charge is 2.44. The maximum atomic E-state index is 13.2. The number of aromatic nitrogens is 3. The number of hydrogen-bond acceptors (Lipinski definition) is 5. The summed E-state index contributed by atoms with van der Waals surface area (Å²) >= 11 is 0. The van der Waals surface area contributed by atoms with Gasteiger partial charge in [0.25, 0.3) is 0 Å². The number of nitrogens with zero attached hydrogens (tertiary/aromatic N) is 4. The van der Waals surface area contributed by atoms with Crippen LogP contribution in [0.1, 0.15) is 64.6 Å². The molecule has 1 aliphatic carbocycles. The van der Waals surface area contributed by atoms with E-state index in [9.17, 15) is 14.7 Å². The van der Waals surface area contributed by atoms with Crippen molar-refractivity contribution in [1.82, 2.24) is 19.9 Å². The monoisotopic (exact) mass is 334 g/mol. The second kappa shape index (κ2) is 5.95. The highest BCUT2D eigenvalue weighted by molar-refractivity contribution is 5.90. The fraction of sp³-hybridized carbons (Fsp3) is 0.765. The van der Waals surface area contributed by atoms with E-state index in [4.69, 9.17) is 0 Å². The van der Waals surface area contributed by atoms with E-state index in [0.29, 0.717) is 12.3 Å². The summed E-state index contributed by atoms with van der Waals surface area (Å²) in [5, 5.41) is 18.3. The third-order valence-electron chi connectivity index (χ3n) is 4.87. The molecule has 0 radical (unpaired) electrons. The normalized spacial score (nSPS) is 25.8. The molecule has 24 heavy (non-hydrogen) atoms. The summed E-state index contributed by atoms with van der Waals surface area (Å²) < 4.78 is 1.64. The van der Waals surface area contributed by atoms with Gasteiger partial charge in [-0.2, -0.15) is 0 Å². The Morgan fingerprint density at radius 3 is 2.54 bits per heavy atom. The molecule has 2 fully saturated rings. The van der Waals surface area contributed by atoms with E-state index in [2.05, 4.69) is 10.3 Å². The average Bonchev–Trinajstić information content (AvgIpc) is 3.07. The minimum absolute atomic E-state index is 0.0928. The van der Waals surface area contributed by atoms with Crippen LogP contribution in [0.5, 0.6) is 0 Å². The number of rotatable bonds is 4. The molecule has 1 aromatic heterocycles. The van der Waals surface area contributed by atoms with Crippen LogP contribution in [0.25, 0.3) is 0 Å². The fourth-order valence-electron chi connectivity index (χ4n) is 3.46. The molecule has 0 bridgehead atoms. The highest BCUT2D eigenvalue weighted by Crippen LogP contribution is 2.40. The summed E-state index contributed by atoms with van der Waals surface area (Å²) in [6.45, 7) is 7.59. The lowest BCUT2D eigenvalue weighted by Crippen LogP contribution is -2.47. The molecular weight excluding hydrogens is 308 g/mol. The summed E-state index contributed by atoms with van der Waals surface area (Å²) in [7, 11) is 0. The Bertz CT molecular complexity index is 645. The molecule has 1 amide bonds. The van der Waals surface area contributed by atoms with Gasteiger partial charge in [0, 0.05) is 25.1 Å². The standard InChI is InChI=1S/C17H26N4O3/c1-10(22)14-7-12(23)8-20(14)16(24)15(17(2,3)4)21-9-13(18-19-21)11-5-6-11/h9,11-12,14-15,23H,5-8H2,1-4H3. The second-order valence-corrected chi connectivity index (χ2v) is 8.17. The quantitative estimate of drug-likeness (QED) is 0.896. The van der Waals surface area contributed by atoms with Crippen LogP contribution >= 0.6 is 0 Å². The zero-order valence-corrected chi connectivity index (χ0v) is 14.8. The Kier molecular flexibility index (Phi) is 4.23. The maximum absolute atomic E-state index is 13.2. The van der Waals surface area contributed by atoms with Crippen molar-refractivity contribution >= 4 is 11.7 Å². The van der Waals surface area contributed by atoms with Crippen molar-refractivity contribution in [3.05, 3.63) is 11.9 Å². The van der Waals surface area contributed by atoms with Gasteiger partial charge in [-0.1, -0.05) is 26.0 Å². The first-order chi connectivity index (χ1) is 11.2.